The number of pyridine rings is 1. The van der Waals surface area contributed by atoms with E-state index in [2.05, 4.69) is 9.88 Å². The number of thiophene rings is 1. The Hall–Kier alpha value is -3.07. The Morgan fingerprint density at radius 1 is 1.12 bits per heavy atom. The van der Waals surface area contributed by atoms with Gasteiger partial charge in [-0.05, 0) is 46.8 Å². The van der Waals surface area contributed by atoms with Crippen LogP contribution in [0.3, 0.4) is 0 Å². The number of carbonyl (C=O) groups excluding carboxylic acids is 1. The fraction of sp³-hybridized carbons (Fsp3) is 0.308. The predicted molar refractivity (Wildman–Crippen MR) is 132 cm³/mol. The summed E-state index contributed by atoms with van der Waals surface area (Å²) >= 11 is 1.62. The Morgan fingerprint density at radius 2 is 1.94 bits per heavy atom. The van der Waals surface area contributed by atoms with Gasteiger partial charge in [-0.3, -0.25) is 14.7 Å². The maximum atomic E-state index is 13.9. The molecule has 1 amide bonds. The first-order valence-electron chi connectivity index (χ1n) is 11.5. The number of aromatic nitrogens is 2. The highest BCUT2D eigenvalue weighted by atomic mass is 32.1. The molecular formula is C26H27FN4O2S. The highest BCUT2D eigenvalue weighted by Gasteiger charge is 2.23. The van der Waals surface area contributed by atoms with E-state index < -0.39 is 0 Å². The molecule has 0 radical (unpaired) electrons. The smallest absolute Gasteiger partial charge is 0.270 e. The number of hydrogen-bond acceptors (Lipinski definition) is 5. The van der Waals surface area contributed by atoms with E-state index in [0.29, 0.717) is 25.3 Å². The van der Waals surface area contributed by atoms with Crippen molar-refractivity contribution in [2.45, 2.75) is 13.1 Å². The van der Waals surface area contributed by atoms with Crippen molar-refractivity contribution in [3.8, 4) is 0 Å². The van der Waals surface area contributed by atoms with Gasteiger partial charge in [-0.2, -0.15) is 0 Å². The molecule has 6 nitrogen and oxygen atoms in total. The van der Waals surface area contributed by atoms with Gasteiger partial charge in [0, 0.05) is 51.7 Å². The third-order valence-corrected chi connectivity index (χ3v) is 7.02. The van der Waals surface area contributed by atoms with E-state index in [1.807, 2.05) is 45.3 Å². The van der Waals surface area contributed by atoms with Crippen molar-refractivity contribution in [1.82, 2.24) is 19.4 Å². The van der Waals surface area contributed by atoms with Crippen LogP contribution in [0, 0.1) is 5.82 Å². The molecule has 8 heteroatoms. The quantitative estimate of drug-likeness (QED) is 0.380. The summed E-state index contributed by atoms with van der Waals surface area (Å²) in [5.74, 6) is -0.276. The lowest BCUT2D eigenvalue weighted by atomic mass is 10.2. The molecule has 0 N–H and O–H groups in total. The van der Waals surface area contributed by atoms with Crippen LogP contribution in [-0.4, -0.2) is 64.7 Å². The topological polar surface area (TPSA) is 50.6 Å². The third-order valence-electron chi connectivity index (χ3n) is 6.17. The first kappa shape index (κ1) is 22.7. The molecule has 5 rings (SSSR count). The normalized spacial score (nSPS) is 14.5. The van der Waals surface area contributed by atoms with Gasteiger partial charge in [-0.1, -0.05) is 18.2 Å². The van der Waals surface area contributed by atoms with Crippen molar-refractivity contribution in [3.05, 3.63) is 88.9 Å². The van der Waals surface area contributed by atoms with Gasteiger partial charge in [-0.25, -0.2) is 4.39 Å². The summed E-state index contributed by atoms with van der Waals surface area (Å²) in [6, 6.07) is 14.4. The number of halogens is 1. The maximum absolute atomic E-state index is 13.9. The molecule has 34 heavy (non-hydrogen) atoms. The molecule has 0 aliphatic carbocycles. The number of ether oxygens (including phenoxy) is 1. The minimum absolute atomic E-state index is 0.0115. The SMILES string of the molecule is O=C(c1cc2sccc2n1Cc1ccc(F)cc1)N(CCN1CCOCC1)Cc1cccnc1. The summed E-state index contributed by atoms with van der Waals surface area (Å²) in [5, 5.41) is 2.03. The zero-order valence-electron chi connectivity index (χ0n) is 18.9. The van der Waals surface area contributed by atoms with Crippen molar-refractivity contribution in [1.29, 1.82) is 0 Å². The zero-order chi connectivity index (χ0) is 23.3. The standard InChI is InChI=1S/C26H27FN4O2S/c27-22-5-3-20(4-6-22)19-31-23-7-15-34-25(23)16-24(31)26(32)30(18-21-2-1-8-28-17-21)10-9-29-11-13-33-14-12-29/h1-8,15-17H,9-14,18-19H2. The number of morpholine rings is 1. The summed E-state index contributed by atoms with van der Waals surface area (Å²) in [6.07, 6.45) is 3.55. The largest absolute Gasteiger partial charge is 0.379 e. The number of rotatable bonds is 8. The van der Waals surface area contributed by atoms with Crippen LogP contribution in [0.5, 0.6) is 0 Å². The number of nitrogens with zero attached hydrogens (tertiary/aromatic N) is 4. The molecule has 0 spiro atoms. The molecule has 0 bridgehead atoms. The van der Waals surface area contributed by atoms with Crippen molar-refractivity contribution in [2.75, 3.05) is 39.4 Å². The second kappa shape index (κ2) is 10.5. The molecule has 176 valence electrons. The van der Waals surface area contributed by atoms with Gasteiger partial charge in [0.2, 0.25) is 0 Å². The summed E-state index contributed by atoms with van der Waals surface area (Å²) in [4.78, 5) is 22.4. The molecule has 0 saturated carbocycles. The second-order valence-corrected chi connectivity index (χ2v) is 9.40. The average Bonchev–Trinajstić information content (AvgIpc) is 3.46. The average molecular weight is 479 g/mol. The van der Waals surface area contributed by atoms with Crippen molar-refractivity contribution in [3.63, 3.8) is 0 Å². The summed E-state index contributed by atoms with van der Waals surface area (Å²) in [7, 11) is 0. The summed E-state index contributed by atoms with van der Waals surface area (Å²) in [6.45, 7) is 5.63. The molecule has 4 heterocycles. The lowest BCUT2D eigenvalue weighted by Gasteiger charge is -2.30. The van der Waals surface area contributed by atoms with E-state index in [1.54, 1.807) is 29.7 Å². The Bertz CT molecular complexity index is 1230. The van der Waals surface area contributed by atoms with Crippen LogP contribution in [0.1, 0.15) is 21.6 Å². The number of benzene rings is 1. The lowest BCUT2D eigenvalue weighted by Crippen LogP contribution is -2.43. The molecule has 3 aromatic heterocycles. The van der Waals surface area contributed by atoms with Crippen LogP contribution in [0.4, 0.5) is 4.39 Å². The highest BCUT2D eigenvalue weighted by Crippen LogP contribution is 2.27. The summed E-state index contributed by atoms with van der Waals surface area (Å²) < 4.78 is 22.0. The van der Waals surface area contributed by atoms with Crippen LogP contribution in [0.15, 0.2) is 66.3 Å². The molecule has 4 aromatic rings. The molecule has 1 aliphatic heterocycles. The maximum Gasteiger partial charge on any atom is 0.270 e. The fourth-order valence-electron chi connectivity index (χ4n) is 4.31. The Morgan fingerprint density at radius 3 is 2.71 bits per heavy atom. The predicted octanol–water partition coefficient (Wildman–Crippen LogP) is 4.26. The second-order valence-electron chi connectivity index (χ2n) is 8.45. The zero-order valence-corrected chi connectivity index (χ0v) is 19.7. The number of hydrogen-bond donors (Lipinski definition) is 0. The Kier molecular flexibility index (Phi) is 6.99. The van der Waals surface area contributed by atoms with Gasteiger partial charge in [-0.15, -0.1) is 11.3 Å². The van der Waals surface area contributed by atoms with Gasteiger partial charge in [0.15, 0.2) is 0 Å². The van der Waals surface area contributed by atoms with Crippen molar-refractivity contribution < 1.29 is 13.9 Å². The molecule has 1 fully saturated rings. The highest BCUT2D eigenvalue weighted by molar-refractivity contribution is 7.17. The minimum Gasteiger partial charge on any atom is -0.379 e. The van der Waals surface area contributed by atoms with Gasteiger partial charge in [0.1, 0.15) is 11.5 Å². The lowest BCUT2D eigenvalue weighted by molar-refractivity contribution is 0.0319. The minimum atomic E-state index is -0.265. The van der Waals surface area contributed by atoms with E-state index in [-0.39, 0.29) is 11.7 Å². The monoisotopic (exact) mass is 478 g/mol. The molecular weight excluding hydrogens is 451 g/mol. The van der Waals surface area contributed by atoms with Gasteiger partial charge in [0.05, 0.1) is 23.4 Å². The molecule has 0 atom stereocenters. The summed E-state index contributed by atoms with van der Waals surface area (Å²) in [5.41, 5.74) is 3.62. The van der Waals surface area contributed by atoms with E-state index in [1.165, 1.54) is 12.1 Å². The molecule has 0 unspecified atom stereocenters. The number of carbonyl (C=O) groups is 1. The first-order chi connectivity index (χ1) is 16.7. The van der Waals surface area contributed by atoms with Crippen LogP contribution in [-0.2, 0) is 17.8 Å². The van der Waals surface area contributed by atoms with Gasteiger partial charge >= 0.3 is 0 Å². The van der Waals surface area contributed by atoms with Gasteiger partial charge in [0.25, 0.3) is 5.91 Å². The van der Waals surface area contributed by atoms with Gasteiger partial charge < -0.3 is 14.2 Å². The Labute approximate surface area is 202 Å². The molecule has 1 aromatic carbocycles. The molecule has 1 saturated heterocycles. The van der Waals surface area contributed by atoms with Crippen LogP contribution in [0.2, 0.25) is 0 Å². The number of fused-ring (bicyclic) bond motifs is 1. The third kappa shape index (κ3) is 5.19. The molecule has 1 aliphatic rings. The van der Waals surface area contributed by atoms with Crippen LogP contribution >= 0.6 is 11.3 Å². The number of amides is 1. The fourth-order valence-corrected chi connectivity index (χ4v) is 5.13. The van der Waals surface area contributed by atoms with Crippen molar-refractivity contribution in [2.24, 2.45) is 0 Å². The van der Waals surface area contributed by atoms with E-state index in [4.69, 9.17) is 4.74 Å². The van der Waals surface area contributed by atoms with E-state index >= 15 is 0 Å². The van der Waals surface area contributed by atoms with Crippen molar-refractivity contribution >= 4 is 27.5 Å². The van der Waals surface area contributed by atoms with Crippen LogP contribution < -0.4 is 0 Å². The van der Waals surface area contributed by atoms with E-state index in [9.17, 15) is 9.18 Å². The van der Waals surface area contributed by atoms with Crippen LogP contribution in [0.25, 0.3) is 10.2 Å². The first-order valence-corrected chi connectivity index (χ1v) is 12.3. The Balaban J connectivity index is 1.43. The van der Waals surface area contributed by atoms with E-state index in [0.717, 1.165) is 54.2 Å².